The van der Waals surface area contributed by atoms with E-state index in [1.165, 1.54) is 7.11 Å². The predicted octanol–water partition coefficient (Wildman–Crippen LogP) is 2.45. The lowest BCUT2D eigenvalue weighted by Gasteiger charge is -2.48. The van der Waals surface area contributed by atoms with Crippen molar-refractivity contribution in [3.8, 4) is 23.7 Å². The van der Waals surface area contributed by atoms with Crippen LogP contribution in [-0.2, 0) is 19.0 Å². The van der Waals surface area contributed by atoms with Gasteiger partial charge in [-0.15, -0.1) is 0 Å². The van der Waals surface area contributed by atoms with Crippen LogP contribution in [0.3, 0.4) is 0 Å². The molecule has 1 amide bonds. The van der Waals surface area contributed by atoms with Crippen molar-refractivity contribution in [3.63, 3.8) is 0 Å². The summed E-state index contributed by atoms with van der Waals surface area (Å²) < 4.78 is 17.3. The van der Waals surface area contributed by atoms with Crippen molar-refractivity contribution in [1.29, 1.82) is 0 Å². The van der Waals surface area contributed by atoms with Crippen LogP contribution in [0.1, 0.15) is 18.6 Å². The van der Waals surface area contributed by atoms with Gasteiger partial charge in [-0.05, 0) is 25.1 Å². The first-order chi connectivity index (χ1) is 14.1. The topological polar surface area (TPSA) is 65.1 Å². The number of esters is 1. The smallest absolute Gasteiger partial charge is 0.415 e. The Kier molecular flexibility index (Phi) is 3.94. The molecule has 3 bridgehead atoms. The van der Waals surface area contributed by atoms with Crippen molar-refractivity contribution in [2.45, 2.75) is 24.7 Å². The minimum atomic E-state index is -0.946. The molecule has 3 aliphatic heterocycles. The number of allylic oxidation sites excluding steroid dienone is 2. The zero-order chi connectivity index (χ0) is 20.2. The van der Waals surface area contributed by atoms with Crippen LogP contribution in [0.2, 0.25) is 0 Å². The number of hydrogen-bond acceptors (Lipinski definition) is 5. The molecule has 1 aliphatic carbocycles. The van der Waals surface area contributed by atoms with Crippen molar-refractivity contribution in [2.75, 3.05) is 18.6 Å². The number of carbonyl (C=O) groups excluding carboxylic acids is 2. The summed E-state index contributed by atoms with van der Waals surface area (Å²) in [4.78, 5) is 27.3. The van der Waals surface area contributed by atoms with Gasteiger partial charge in [0, 0.05) is 11.5 Å². The fourth-order valence-corrected chi connectivity index (χ4v) is 4.97. The summed E-state index contributed by atoms with van der Waals surface area (Å²) in [6.07, 6.45) is 2.29. The number of fused-ring (bicyclic) bond motifs is 4. The standard InChI is InChI=1S/C23H19NO5/c1-23-16-13-28-21(25)19(16)15-10-5-3-4-6-12-18(23)24(22(26)27-2)17-11-8-7-9-14(17)20(15)29-23/h3-4,7-9,11,15-16,18-20H,13H2,1-2H3/b4-3-/t15-,16?,18-,19+,20-,23-/m0/s1. The number of nitrogens with zero attached hydrogens (tertiary/aromatic N) is 1. The molecule has 146 valence electrons. The van der Waals surface area contributed by atoms with Gasteiger partial charge in [-0.2, -0.15) is 0 Å². The summed E-state index contributed by atoms with van der Waals surface area (Å²) in [5, 5.41) is 0. The van der Waals surface area contributed by atoms with E-state index in [2.05, 4.69) is 23.7 Å². The quantitative estimate of drug-likeness (QED) is 0.504. The number of para-hydroxylation sites is 1. The molecule has 2 saturated heterocycles. The van der Waals surface area contributed by atoms with Crippen molar-refractivity contribution in [2.24, 2.45) is 17.8 Å². The van der Waals surface area contributed by atoms with Gasteiger partial charge >= 0.3 is 12.1 Å². The molecule has 6 heteroatoms. The molecule has 5 rings (SSSR count). The maximum Gasteiger partial charge on any atom is 0.415 e. The summed E-state index contributed by atoms with van der Waals surface area (Å²) in [6, 6.07) is 6.83. The van der Waals surface area contributed by atoms with Crippen LogP contribution in [0.15, 0.2) is 36.4 Å². The molecule has 2 fully saturated rings. The number of anilines is 1. The van der Waals surface area contributed by atoms with E-state index in [4.69, 9.17) is 14.2 Å². The number of rotatable bonds is 0. The lowest BCUT2D eigenvalue weighted by atomic mass is 9.67. The Morgan fingerprint density at radius 1 is 1.24 bits per heavy atom. The average molecular weight is 389 g/mol. The predicted molar refractivity (Wildman–Crippen MR) is 103 cm³/mol. The maximum absolute atomic E-state index is 12.9. The highest BCUT2D eigenvalue weighted by Gasteiger charge is 2.64. The monoisotopic (exact) mass is 389 g/mol. The number of cyclic esters (lactones) is 1. The minimum Gasteiger partial charge on any atom is -0.465 e. The molecule has 4 aliphatic rings. The number of methoxy groups -OCH3 is 1. The molecule has 6 nitrogen and oxygen atoms in total. The number of carbonyl (C=O) groups is 2. The number of benzene rings is 1. The Morgan fingerprint density at radius 2 is 2.00 bits per heavy atom. The average Bonchev–Trinajstić information content (AvgIpc) is 3.06. The van der Waals surface area contributed by atoms with E-state index < -0.39 is 35.7 Å². The zero-order valence-corrected chi connectivity index (χ0v) is 16.0. The van der Waals surface area contributed by atoms with Gasteiger partial charge in [0.25, 0.3) is 0 Å². The van der Waals surface area contributed by atoms with E-state index in [9.17, 15) is 9.59 Å². The summed E-state index contributed by atoms with van der Waals surface area (Å²) >= 11 is 0. The zero-order valence-electron chi connectivity index (χ0n) is 16.0. The van der Waals surface area contributed by atoms with Gasteiger partial charge in [-0.1, -0.05) is 41.9 Å². The second-order valence-electron chi connectivity index (χ2n) is 7.72. The van der Waals surface area contributed by atoms with Crippen LogP contribution in [0.5, 0.6) is 0 Å². The molecule has 0 radical (unpaired) electrons. The normalized spacial score (nSPS) is 36.8. The highest BCUT2D eigenvalue weighted by atomic mass is 16.6. The van der Waals surface area contributed by atoms with Crippen molar-refractivity contribution < 1.29 is 23.8 Å². The molecule has 6 atom stereocenters. The fraction of sp³-hybridized carbons (Fsp3) is 0.391. The molecule has 0 saturated carbocycles. The van der Waals surface area contributed by atoms with E-state index in [0.29, 0.717) is 5.69 Å². The summed E-state index contributed by atoms with van der Waals surface area (Å²) in [5.74, 6) is 11.0. The molecule has 0 N–H and O–H groups in total. The Balaban J connectivity index is 1.85. The van der Waals surface area contributed by atoms with E-state index in [0.717, 1.165) is 5.56 Å². The highest BCUT2D eigenvalue weighted by molar-refractivity contribution is 5.91. The second kappa shape index (κ2) is 6.40. The van der Waals surface area contributed by atoms with Crippen LogP contribution in [0, 0.1) is 41.4 Å². The van der Waals surface area contributed by atoms with Gasteiger partial charge in [0.1, 0.15) is 11.6 Å². The molecule has 1 unspecified atom stereocenters. The summed E-state index contributed by atoms with van der Waals surface area (Å²) in [7, 11) is 1.35. The van der Waals surface area contributed by atoms with E-state index >= 15 is 0 Å². The summed E-state index contributed by atoms with van der Waals surface area (Å²) in [6.45, 7) is 2.12. The first kappa shape index (κ1) is 17.8. The molecule has 0 aromatic heterocycles. The van der Waals surface area contributed by atoms with E-state index in [-0.39, 0.29) is 18.5 Å². The first-order valence-corrected chi connectivity index (χ1v) is 9.54. The summed E-state index contributed by atoms with van der Waals surface area (Å²) in [5.41, 5.74) is 0.505. The van der Waals surface area contributed by atoms with Crippen molar-refractivity contribution in [3.05, 3.63) is 42.0 Å². The third-order valence-corrected chi connectivity index (χ3v) is 6.34. The molecule has 0 spiro atoms. The van der Waals surface area contributed by atoms with Gasteiger partial charge in [0.05, 0.1) is 37.3 Å². The maximum atomic E-state index is 12.9. The minimum absolute atomic E-state index is 0.210. The number of amides is 1. The van der Waals surface area contributed by atoms with E-state index in [1.54, 1.807) is 17.1 Å². The number of ether oxygens (including phenoxy) is 3. The molecular weight excluding hydrogens is 370 g/mol. The molecule has 1 aromatic carbocycles. The van der Waals surface area contributed by atoms with Gasteiger partial charge in [-0.3, -0.25) is 9.69 Å². The third kappa shape index (κ3) is 2.43. The van der Waals surface area contributed by atoms with Crippen LogP contribution < -0.4 is 4.90 Å². The third-order valence-electron chi connectivity index (χ3n) is 6.34. The largest absolute Gasteiger partial charge is 0.465 e. The second-order valence-corrected chi connectivity index (χ2v) is 7.72. The van der Waals surface area contributed by atoms with E-state index in [1.807, 2.05) is 31.2 Å². The molecular formula is C23H19NO5. The Labute approximate surface area is 168 Å². The van der Waals surface area contributed by atoms with Crippen molar-refractivity contribution in [1.82, 2.24) is 0 Å². The molecule has 29 heavy (non-hydrogen) atoms. The van der Waals surface area contributed by atoms with Crippen LogP contribution in [-0.4, -0.2) is 37.4 Å². The van der Waals surface area contributed by atoms with Crippen LogP contribution in [0.4, 0.5) is 10.5 Å². The lowest BCUT2D eigenvalue weighted by Crippen LogP contribution is -2.61. The lowest BCUT2D eigenvalue weighted by molar-refractivity contribution is -0.186. The van der Waals surface area contributed by atoms with Gasteiger partial charge < -0.3 is 14.2 Å². The van der Waals surface area contributed by atoms with Crippen molar-refractivity contribution >= 4 is 17.7 Å². The Bertz CT molecular complexity index is 1050. The number of hydrogen-bond donors (Lipinski definition) is 0. The highest BCUT2D eigenvalue weighted by Crippen LogP contribution is 2.56. The molecule has 3 heterocycles. The van der Waals surface area contributed by atoms with Gasteiger partial charge in [0.2, 0.25) is 0 Å². The Morgan fingerprint density at radius 3 is 2.79 bits per heavy atom. The van der Waals surface area contributed by atoms with Gasteiger partial charge in [-0.25, -0.2) is 4.79 Å². The first-order valence-electron chi connectivity index (χ1n) is 9.54. The Hall–Kier alpha value is -3.22. The SMILES string of the molecule is COC(=O)N1c2ccccc2[C@@H]2O[C@@]3(C)C4COC(=O)[C@@H]4[C@@H]2C#C/C=C\C#C[C@H]13. The van der Waals surface area contributed by atoms with Crippen LogP contribution in [0.25, 0.3) is 0 Å². The molecule has 1 aromatic rings. The fourth-order valence-electron chi connectivity index (χ4n) is 4.97. The van der Waals surface area contributed by atoms with Crippen LogP contribution >= 0.6 is 0 Å². The van der Waals surface area contributed by atoms with Gasteiger partial charge in [0.15, 0.2) is 0 Å².